The largest absolute Gasteiger partial charge is 0.298 e. The van der Waals surface area contributed by atoms with Crippen molar-refractivity contribution in [1.82, 2.24) is 20.0 Å². The number of likely N-dealkylation sites (tertiary alicyclic amines) is 1. The Hall–Kier alpha value is -2.50. The smallest absolute Gasteiger partial charge is 0.123 e. The van der Waals surface area contributed by atoms with Crippen LogP contribution < -0.4 is 0 Å². The standard InChI is InChI=1S/C23H27FN4/c1-27(15-18-6-3-2-4-7-18)22-8-5-13-28(17-22)16-20-14-25-26-23(20)19-9-11-21(24)12-10-19/h2-4,6-7,9-12,14,22H,5,8,13,15-17H2,1H3,(H,25,26)/t22-/m1/s1. The Morgan fingerprint density at radius 3 is 2.71 bits per heavy atom. The summed E-state index contributed by atoms with van der Waals surface area (Å²) in [5.74, 6) is -0.217. The minimum atomic E-state index is -0.217. The van der Waals surface area contributed by atoms with Crippen LogP contribution in [0.5, 0.6) is 0 Å². The molecule has 4 rings (SSSR count). The maximum atomic E-state index is 13.2. The molecular weight excluding hydrogens is 351 g/mol. The third-order valence-corrected chi connectivity index (χ3v) is 5.62. The first-order chi connectivity index (χ1) is 13.7. The van der Waals surface area contributed by atoms with Gasteiger partial charge in [-0.15, -0.1) is 0 Å². The molecule has 1 saturated heterocycles. The van der Waals surface area contributed by atoms with E-state index in [1.54, 1.807) is 12.1 Å². The lowest BCUT2D eigenvalue weighted by Crippen LogP contribution is -2.45. The van der Waals surface area contributed by atoms with Crippen LogP contribution >= 0.6 is 0 Å². The molecule has 1 N–H and O–H groups in total. The van der Waals surface area contributed by atoms with Crippen molar-refractivity contribution in [3.8, 4) is 11.3 Å². The van der Waals surface area contributed by atoms with Crippen molar-refractivity contribution in [2.45, 2.75) is 32.0 Å². The van der Waals surface area contributed by atoms with Crippen molar-refractivity contribution < 1.29 is 4.39 Å². The van der Waals surface area contributed by atoms with Gasteiger partial charge in [0.2, 0.25) is 0 Å². The topological polar surface area (TPSA) is 35.2 Å². The van der Waals surface area contributed by atoms with Crippen molar-refractivity contribution in [2.24, 2.45) is 0 Å². The molecule has 0 bridgehead atoms. The Morgan fingerprint density at radius 2 is 1.93 bits per heavy atom. The number of hydrogen-bond donors (Lipinski definition) is 1. The maximum absolute atomic E-state index is 13.2. The summed E-state index contributed by atoms with van der Waals surface area (Å²) in [6.07, 6.45) is 4.33. The van der Waals surface area contributed by atoms with Crippen molar-refractivity contribution in [1.29, 1.82) is 0 Å². The average molecular weight is 378 g/mol. The fraction of sp³-hybridized carbons (Fsp3) is 0.348. The molecule has 1 fully saturated rings. The number of H-pyrrole nitrogens is 1. The second kappa shape index (κ2) is 8.67. The number of hydrogen-bond acceptors (Lipinski definition) is 3. The van der Waals surface area contributed by atoms with E-state index in [4.69, 9.17) is 0 Å². The fourth-order valence-corrected chi connectivity index (χ4v) is 4.07. The van der Waals surface area contributed by atoms with Crippen LogP contribution in [-0.2, 0) is 13.1 Å². The lowest BCUT2D eigenvalue weighted by molar-refractivity contribution is 0.107. The van der Waals surface area contributed by atoms with Gasteiger partial charge in [0.15, 0.2) is 0 Å². The van der Waals surface area contributed by atoms with Crippen molar-refractivity contribution in [2.75, 3.05) is 20.1 Å². The second-order valence-corrected chi connectivity index (χ2v) is 7.71. The van der Waals surface area contributed by atoms with Crippen LogP contribution in [0.4, 0.5) is 4.39 Å². The van der Waals surface area contributed by atoms with E-state index in [9.17, 15) is 4.39 Å². The molecule has 0 saturated carbocycles. The van der Waals surface area contributed by atoms with Gasteiger partial charge < -0.3 is 0 Å². The van der Waals surface area contributed by atoms with E-state index in [1.165, 1.54) is 30.5 Å². The first-order valence-corrected chi connectivity index (χ1v) is 9.94. The van der Waals surface area contributed by atoms with E-state index in [2.05, 4.69) is 57.4 Å². The third kappa shape index (κ3) is 4.49. The molecule has 1 aromatic heterocycles. The lowest BCUT2D eigenvalue weighted by atomic mass is 10.0. The van der Waals surface area contributed by atoms with Gasteiger partial charge in [-0.25, -0.2) is 4.39 Å². The first kappa shape index (κ1) is 18.8. The minimum Gasteiger partial charge on any atom is -0.298 e. The molecule has 2 aromatic carbocycles. The van der Waals surface area contributed by atoms with E-state index < -0.39 is 0 Å². The van der Waals surface area contributed by atoms with Gasteiger partial charge in [-0.2, -0.15) is 5.10 Å². The number of benzene rings is 2. The summed E-state index contributed by atoms with van der Waals surface area (Å²) in [4.78, 5) is 4.98. The molecule has 0 unspecified atom stereocenters. The van der Waals surface area contributed by atoms with Crippen LogP contribution in [0.2, 0.25) is 0 Å². The Bertz CT molecular complexity index is 875. The second-order valence-electron chi connectivity index (χ2n) is 7.71. The van der Waals surface area contributed by atoms with Crippen LogP contribution in [-0.4, -0.2) is 46.2 Å². The normalized spacial score (nSPS) is 17.9. The number of nitrogens with one attached hydrogen (secondary N) is 1. The number of nitrogens with zero attached hydrogens (tertiary/aromatic N) is 3. The van der Waals surface area contributed by atoms with Gasteiger partial charge in [0, 0.05) is 36.8 Å². The first-order valence-electron chi connectivity index (χ1n) is 9.94. The molecular formula is C23H27FN4. The predicted molar refractivity (Wildman–Crippen MR) is 110 cm³/mol. The summed E-state index contributed by atoms with van der Waals surface area (Å²) in [5, 5.41) is 7.33. The monoisotopic (exact) mass is 378 g/mol. The van der Waals surface area contributed by atoms with Crippen LogP contribution in [0, 0.1) is 5.82 Å². The average Bonchev–Trinajstić information content (AvgIpc) is 3.17. The van der Waals surface area contributed by atoms with Crippen molar-refractivity contribution >= 4 is 0 Å². The summed E-state index contributed by atoms with van der Waals surface area (Å²) in [7, 11) is 2.23. The van der Waals surface area contributed by atoms with E-state index in [1.807, 2.05) is 6.20 Å². The van der Waals surface area contributed by atoms with Crippen molar-refractivity contribution in [3.63, 3.8) is 0 Å². The Balaban J connectivity index is 1.40. The number of halogens is 1. The van der Waals surface area contributed by atoms with E-state index in [0.717, 1.165) is 43.0 Å². The molecule has 28 heavy (non-hydrogen) atoms. The van der Waals surface area contributed by atoms with Gasteiger partial charge in [-0.05, 0) is 56.3 Å². The van der Waals surface area contributed by atoms with Gasteiger partial charge in [-0.3, -0.25) is 14.9 Å². The van der Waals surface area contributed by atoms with Crippen molar-refractivity contribution in [3.05, 3.63) is 77.7 Å². The number of piperidine rings is 1. The highest BCUT2D eigenvalue weighted by Crippen LogP contribution is 2.25. The number of rotatable bonds is 6. The van der Waals surface area contributed by atoms with Gasteiger partial charge in [0.25, 0.3) is 0 Å². The Labute approximate surface area is 166 Å². The number of likely N-dealkylation sites (N-methyl/N-ethyl adjacent to an activating group) is 1. The van der Waals surface area contributed by atoms with Crippen LogP contribution in [0.3, 0.4) is 0 Å². The summed E-state index contributed by atoms with van der Waals surface area (Å²) >= 11 is 0. The molecule has 3 aromatic rings. The van der Waals surface area contributed by atoms with Gasteiger partial charge in [-0.1, -0.05) is 30.3 Å². The Morgan fingerprint density at radius 1 is 1.14 bits per heavy atom. The van der Waals surface area contributed by atoms with Gasteiger partial charge in [0.1, 0.15) is 5.82 Å². The number of aromatic amines is 1. The lowest BCUT2D eigenvalue weighted by Gasteiger charge is -2.37. The zero-order valence-electron chi connectivity index (χ0n) is 16.3. The molecule has 5 heteroatoms. The summed E-state index contributed by atoms with van der Waals surface area (Å²) in [6, 6.07) is 17.8. The predicted octanol–water partition coefficient (Wildman–Crippen LogP) is 4.31. The zero-order chi connectivity index (χ0) is 19.3. The molecule has 1 atom stereocenters. The summed E-state index contributed by atoms with van der Waals surface area (Å²) < 4.78 is 13.2. The SMILES string of the molecule is CN(Cc1ccccc1)[C@@H]1CCCN(Cc2cn[nH]c2-c2ccc(F)cc2)C1. The highest BCUT2D eigenvalue weighted by Gasteiger charge is 2.24. The van der Waals surface area contributed by atoms with Crippen LogP contribution in [0.25, 0.3) is 11.3 Å². The van der Waals surface area contributed by atoms with Crippen LogP contribution in [0.1, 0.15) is 24.0 Å². The van der Waals surface area contributed by atoms with E-state index >= 15 is 0 Å². The zero-order valence-corrected chi connectivity index (χ0v) is 16.3. The highest BCUT2D eigenvalue weighted by atomic mass is 19.1. The molecule has 1 aliphatic heterocycles. The summed E-state index contributed by atoms with van der Waals surface area (Å²) in [5.41, 5.74) is 4.48. The molecule has 0 aliphatic carbocycles. The number of aromatic nitrogens is 2. The molecule has 1 aliphatic rings. The fourth-order valence-electron chi connectivity index (χ4n) is 4.07. The van der Waals surface area contributed by atoms with E-state index in [-0.39, 0.29) is 5.82 Å². The Kier molecular flexibility index (Phi) is 5.84. The van der Waals surface area contributed by atoms with Crippen LogP contribution in [0.15, 0.2) is 60.8 Å². The molecule has 2 heterocycles. The summed E-state index contributed by atoms with van der Waals surface area (Å²) in [6.45, 7) is 3.99. The van der Waals surface area contributed by atoms with Gasteiger partial charge in [0.05, 0.1) is 11.9 Å². The maximum Gasteiger partial charge on any atom is 0.123 e. The molecule has 146 valence electrons. The van der Waals surface area contributed by atoms with E-state index in [0.29, 0.717) is 6.04 Å². The quantitative estimate of drug-likeness (QED) is 0.694. The highest BCUT2D eigenvalue weighted by molar-refractivity contribution is 5.62. The molecule has 0 radical (unpaired) electrons. The molecule has 0 spiro atoms. The molecule has 4 nitrogen and oxygen atoms in total. The molecule has 0 amide bonds. The van der Waals surface area contributed by atoms with Gasteiger partial charge >= 0.3 is 0 Å². The third-order valence-electron chi connectivity index (χ3n) is 5.62. The minimum absolute atomic E-state index is 0.217.